The third kappa shape index (κ3) is 4.64. The fraction of sp³-hybridized carbons (Fsp3) is 0.160. The van der Waals surface area contributed by atoms with Crippen LogP contribution in [0.15, 0.2) is 66.7 Å². The topological polar surface area (TPSA) is 91.7 Å². The van der Waals surface area contributed by atoms with Crippen LogP contribution in [0.4, 0.5) is 5.69 Å². The molecule has 33 heavy (non-hydrogen) atoms. The first-order valence-corrected chi connectivity index (χ1v) is 10.2. The smallest absolute Gasteiger partial charge is 0.338 e. The molecule has 0 saturated heterocycles. The number of ether oxygens (including phenoxy) is 3. The van der Waals surface area contributed by atoms with Crippen LogP contribution < -0.4 is 14.8 Å². The lowest BCUT2D eigenvalue weighted by Gasteiger charge is -2.12. The number of rotatable bonds is 7. The molecule has 0 fully saturated rings. The van der Waals surface area contributed by atoms with E-state index < -0.39 is 18.5 Å². The van der Waals surface area contributed by atoms with Crippen LogP contribution in [0.5, 0.6) is 11.5 Å². The molecule has 0 unspecified atom stereocenters. The minimum absolute atomic E-state index is 0.315. The lowest BCUT2D eigenvalue weighted by Crippen LogP contribution is -2.21. The van der Waals surface area contributed by atoms with Crippen LogP contribution in [0, 0.1) is 6.92 Å². The number of para-hydroxylation sites is 1. The van der Waals surface area contributed by atoms with Gasteiger partial charge in [-0.3, -0.25) is 9.36 Å². The number of hydrogen-bond acceptors (Lipinski definition) is 6. The summed E-state index contributed by atoms with van der Waals surface area (Å²) in [6, 6.07) is 20.0. The number of nitrogens with one attached hydrogen (secondary N) is 1. The van der Waals surface area contributed by atoms with Crippen molar-refractivity contribution in [1.82, 2.24) is 9.55 Å². The molecule has 0 aliphatic heterocycles. The largest absolute Gasteiger partial charge is 0.497 e. The first kappa shape index (κ1) is 21.9. The van der Waals surface area contributed by atoms with Crippen LogP contribution in [0.3, 0.4) is 0 Å². The molecule has 1 amide bonds. The lowest BCUT2D eigenvalue weighted by molar-refractivity contribution is -0.119. The minimum Gasteiger partial charge on any atom is -0.497 e. The van der Waals surface area contributed by atoms with E-state index >= 15 is 0 Å². The molecule has 0 aliphatic rings. The normalized spacial score (nSPS) is 10.6. The van der Waals surface area contributed by atoms with E-state index in [1.165, 1.54) is 14.2 Å². The second-order valence-corrected chi connectivity index (χ2v) is 7.22. The van der Waals surface area contributed by atoms with Gasteiger partial charge in [0.1, 0.15) is 17.3 Å². The number of amides is 1. The Morgan fingerprint density at radius 3 is 2.48 bits per heavy atom. The number of carbonyl (C=O) groups excluding carboxylic acids is 2. The molecule has 4 rings (SSSR count). The second-order valence-electron chi connectivity index (χ2n) is 7.22. The van der Waals surface area contributed by atoms with E-state index in [0.717, 1.165) is 17.0 Å². The Kier molecular flexibility index (Phi) is 6.26. The Hall–Kier alpha value is -4.33. The number of methoxy groups -OCH3 is 2. The Balaban J connectivity index is 1.45. The van der Waals surface area contributed by atoms with Gasteiger partial charge in [0.2, 0.25) is 0 Å². The highest BCUT2D eigenvalue weighted by molar-refractivity contribution is 5.98. The molecule has 0 aliphatic carbocycles. The minimum atomic E-state index is -0.610. The lowest BCUT2D eigenvalue weighted by atomic mass is 10.2. The number of hydrogen-bond donors (Lipinski definition) is 1. The molecule has 0 bridgehead atoms. The average molecular weight is 445 g/mol. The van der Waals surface area contributed by atoms with Crippen molar-refractivity contribution >= 4 is 28.6 Å². The van der Waals surface area contributed by atoms with Crippen molar-refractivity contribution in [2.75, 3.05) is 26.1 Å². The van der Waals surface area contributed by atoms with Gasteiger partial charge >= 0.3 is 5.97 Å². The molecule has 4 aromatic rings. The number of nitrogens with zero attached hydrogens (tertiary/aromatic N) is 2. The summed E-state index contributed by atoms with van der Waals surface area (Å²) >= 11 is 0. The Bertz CT molecular complexity index is 1310. The van der Waals surface area contributed by atoms with E-state index in [2.05, 4.69) is 10.3 Å². The first-order valence-electron chi connectivity index (χ1n) is 10.2. The summed E-state index contributed by atoms with van der Waals surface area (Å²) < 4.78 is 17.6. The predicted octanol–water partition coefficient (Wildman–Crippen LogP) is 4.15. The van der Waals surface area contributed by atoms with Crippen LogP contribution in [0.2, 0.25) is 0 Å². The summed E-state index contributed by atoms with van der Waals surface area (Å²) in [4.78, 5) is 29.4. The number of anilines is 1. The summed E-state index contributed by atoms with van der Waals surface area (Å²) in [5, 5.41) is 2.67. The number of carbonyl (C=O) groups is 2. The Labute approximate surface area is 190 Å². The van der Waals surface area contributed by atoms with E-state index in [1.807, 2.05) is 47.9 Å². The fourth-order valence-corrected chi connectivity index (χ4v) is 3.53. The zero-order valence-electron chi connectivity index (χ0n) is 18.5. The van der Waals surface area contributed by atoms with E-state index in [0.29, 0.717) is 28.3 Å². The van der Waals surface area contributed by atoms with Gasteiger partial charge in [-0.25, -0.2) is 9.78 Å². The van der Waals surface area contributed by atoms with Gasteiger partial charge in [-0.05, 0) is 49.4 Å². The van der Waals surface area contributed by atoms with Gasteiger partial charge < -0.3 is 19.5 Å². The van der Waals surface area contributed by atoms with E-state index in [1.54, 1.807) is 30.3 Å². The number of benzene rings is 3. The quantitative estimate of drug-likeness (QED) is 0.430. The van der Waals surface area contributed by atoms with Gasteiger partial charge in [0, 0.05) is 11.8 Å². The number of esters is 1. The fourth-order valence-electron chi connectivity index (χ4n) is 3.53. The number of aromatic nitrogens is 2. The molecule has 8 heteroatoms. The van der Waals surface area contributed by atoms with Crippen molar-refractivity contribution in [3.05, 3.63) is 78.1 Å². The van der Waals surface area contributed by atoms with Gasteiger partial charge in [0.25, 0.3) is 5.91 Å². The molecule has 0 saturated carbocycles. The van der Waals surface area contributed by atoms with Crippen molar-refractivity contribution in [3.8, 4) is 17.2 Å². The van der Waals surface area contributed by atoms with Gasteiger partial charge in [-0.1, -0.05) is 18.2 Å². The highest BCUT2D eigenvalue weighted by atomic mass is 16.5. The molecular formula is C25H23N3O5. The average Bonchev–Trinajstić information content (AvgIpc) is 3.18. The van der Waals surface area contributed by atoms with E-state index in [-0.39, 0.29) is 0 Å². The maximum Gasteiger partial charge on any atom is 0.338 e. The molecule has 1 N–H and O–H groups in total. The molecule has 1 aromatic heterocycles. The highest BCUT2D eigenvalue weighted by Crippen LogP contribution is 2.29. The summed E-state index contributed by atoms with van der Waals surface area (Å²) in [6.45, 7) is 1.46. The zero-order chi connectivity index (χ0) is 23.4. The SMILES string of the molecule is COc1ccc(NC(=O)COC(=O)c2ccc3c(c2)nc(C)n3-c2ccccc2)c(OC)c1. The van der Waals surface area contributed by atoms with Crippen LogP contribution >= 0.6 is 0 Å². The molecule has 0 radical (unpaired) electrons. The first-order chi connectivity index (χ1) is 16.0. The summed E-state index contributed by atoms with van der Waals surface area (Å²) in [6.07, 6.45) is 0. The molecule has 0 atom stereocenters. The molecule has 8 nitrogen and oxygen atoms in total. The number of fused-ring (bicyclic) bond motifs is 1. The second kappa shape index (κ2) is 9.44. The standard InChI is InChI=1S/C25H23N3O5/c1-16-26-21-13-17(9-12-22(21)28(16)18-7-5-4-6-8-18)25(30)33-15-24(29)27-20-11-10-19(31-2)14-23(20)32-3/h4-14H,15H2,1-3H3,(H,27,29). The van der Waals surface area contributed by atoms with Crippen molar-refractivity contribution in [1.29, 1.82) is 0 Å². The molecule has 0 spiro atoms. The maximum atomic E-state index is 12.5. The van der Waals surface area contributed by atoms with Crippen molar-refractivity contribution in [3.63, 3.8) is 0 Å². The summed E-state index contributed by atoms with van der Waals surface area (Å²) in [5.41, 5.74) is 3.29. The van der Waals surface area contributed by atoms with Gasteiger partial charge in [-0.2, -0.15) is 0 Å². The molecule has 3 aromatic carbocycles. The van der Waals surface area contributed by atoms with Gasteiger partial charge in [0.15, 0.2) is 6.61 Å². The third-order valence-electron chi connectivity index (χ3n) is 5.09. The van der Waals surface area contributed by atoms with Crippen molar-refractivity contribution < 1.29 is 23.8 Å². The Morgan fingerprint density at radius 1 is 0.970 bits per heavy atom. The number of aryl methyl sites for hydroxylation is 1. The van der Waals surface area contributed by atoms with Crippen LogP contribution in [0.1, 0.15) is 16.2 Å². The molecule has 168 valence electrons. The van der Waals surface area contributed by atoms with E-state index in [4.69, 9.17) is 14.2 Å². The monoisotopic (exact) mass is 445 g/mol. The van der Waals surface area contributed by atoms with Gasteiger partial charge in [-0.15, -0.1) is 0 Å². The zero-order valence-corrected chi connectivity index (χ0v) is 18.5. The summed E-state index contributed by atoms with van der Waals surface area (Å²) in [7, 11) is 3.03. The van der Waals surface area contributed by atoms with Crippen LogP contribution in [-0.4, -0.2) is 42.3 Å². The van der Waals surface area contributed by atoms with Crippen LogP contribution in [-0.2, 0) is 9.53 Å². The third-order valence-corrected chi connectivity index (χ3v) is 5.09. The van der Waals surface area contributed by atoms with Crippen LogP contribution in [0.25, 0.3) is 16.7 Å². The van der Waals surface area contributed by atoms with Crippen molar-refractivity contribution in [2.24, 2.45) is 0 Å². The molecule has 1 heterocycles. The van der Waals surface area contributed by atoms with Gasteiger partial charge in [0.05, 0.1) is 36.5 Å². The van der Waals surface area contributed by atoms with Crippen molar-refractivity contribution in [2.45, 2.75) is 6.92 Å². The highest BCUT2D eigenvalue weighted by Gasteiger charge is 2.16. The number of imidazole rings is 1. The Morgan fingerprint density at radius 2 is 1.76 bits per heavy atom. The van der Waals surface area contributed by atoms with E-state index in [9.17, 15) is 9.59 Å². The predicted molar refractivity (Wildman–Crippen MR) is 124 cm³/mol. The molecular weight excluding hydrogens is 422 g/mol. The maximum absolute atomic E-state index is 12.5. The summed E-state index contributed by atoms with van der Waals surface area (Å²) in [5.74, 6) is 0.729.